The van der Waals surface area contributed by atoms with Gasteiger partial charge in [-0.2, -0.15) is 8.42 Å². The third kappa shape index (κ3) is 3.67. The minimum Gasteiger partial charge on any atom is -0.493 e. The van der Waals surface area contributed by atoms with Crippen molar-refractivity contribution in [2.24, 2.45) is 4.40 Å². The maximum absolute atomic E-state index is 13.1. The first-order valence-corrected chi connectivity index (χ1v) is 11.1. The van der Waals surface area contributed by atoms with Crippen LogP contribution in [0.1, 0.15) is 15.9 Å². The lowest BCUT2D eigenvalue weighted by molar-refractivity contribution is 0.0691. The lowest BCUT2D eigenvalue weighted by Gasteiger charge is -2.36. The first-order valence-electron chi connectivity index (χ1n) is 9.68. The number of carbonyl (C=O) groups excluding carboxylic acids is 1. The Hall–Kier alpha value is -3.27. The fourth-order valence-electron chi connectivity index (χ4n) is 3.83. The largest absolute Gasteiger partial charge is 0.493 e. The van der Waals surface area contributed by atoms with Gasteiger partial charge >= 0.3 is 0 Å². The van der Waals surface area contributed by atoms with Crippen LogP contribution in [-0.2, 0) is 10.0 Å². The number of nitrogens with zero attached hydrogens (tertiary/aromatic N) is 3. The summed E-state index contributed by atoms with van der Waals surface area (Å²) in [6.07, 6.45) is 0. The summed E-state index contributed by atoms with van der Waals surface area (Å²) < 4.78 is 44.6. The molecule has 0 atom stereocenters. The molecular formula is C21H23N3O6S. The average molecular weight is 445 g/mol. The Bertz CT molecular complexity index is 1130. The highest BCUT2D eigenvalue weighted by Crippen LogP contribution is 2.38. The van der Waals surface area contributed by atoms with Gasteiger partial charge in [-0.05, 0) is 24.3 Å². The van der Waals surface area contributed by atoms with Gasteiger partial charge in [0.2, 0.25) is 5.75 Å². The normalized spacial score (nSPS) is 17.1. The summed E-state index contributed by atoms with van der Waals surface area (Å²) >= 11 is 0. The number of amides is 1. The first-order chi connectivity index (χ1) is 14.9. The van der Waals surface area contributed by atoms with Gasteiger partial charge in [-0.15, -0.1) is 4.40 Å². The van der Waals surface area contributed by atoms with Crippen molar-refractivity contribution in [2.75, 3.05) is 47.5 Å². The van der Waals surface area contributed by atoms with Gasteiger partial charge in [-0.25, -0.2) is 0 Å². The zero-order valence-corrected chi connectivity index (χ0v) is 18.3. The summed E-state index contributed by atoms with van der Waals surface area (Å²) in [5.41, 5.74) is 1.03. The number of benzene rings is 2. The summed E-state index contributed by atoms with van der Waals surface area (Å²) in [7, 11) is 0.829. The molecule has 0 aromatic heterocycles. The Morgan fingerprint density at radius 2 is 1.55 bits per heavy atom. The van der Waals surface area contributed by atoms with Gasteiger partial charge in [0.15, 0.2) is 17.3 Å². The third-order valence-electron chi connectivity index (χ3n) is 5.39. The Morgan fingerprint density at radius 1 is 0.935 bits per heavy atom. The number of carbonyl (C=O) groups is 1. The Kier molecular flexibility index (Phi) is 5.48. The summed E-state index contributed by atoms with van der Waals surface area (Å²) in [4.78, 5) is 16.9. The van der Waals surface area contributed by atoms with Crippen molar-refractivity contribution in [2.45, 2.75) is 4.90 Å². The van der Waals surface area contributed by atoms with E-state index >= 15 is 0 Å². The van der Waals surface area contributed by atoms with Crippen molar-refractivity contribution in [3.8, 4) is 17.2 Å². The van der Waals surface area contributed by atoms with Gasteiger partial charge in [0, 0.05) is 37.3 Å². The molecule has 10 heteroatoms. The van der Waals surface area contributed by atoms with E-state index < -0.39 is 10.0 Å². The second-order valence-electron chi connectivity index (χ2n) is 7.08. The molecule has 0 N–H and O–H groups in total. The van der Waals surface area contributed by atoms with E-state index in [4.69, 9.17) is 14.2 Å². The van der Waals surface area contributed by atoms with Crippen LogP contribution in [0.5, 0.6) is 17.2 Å². The van der Waals surface area contributed by atoms with E-state index in [1.807, 2.05) is 4.90 Å². The van der Waals surface area contributed by atoms with Crippen LogP contribution in [0.3, 0.4) is 0 Å². The number of hydrogen-bond acceptors (Lipinski definition) is 7. The van der Waals surface area contributed by atoms with Gasteiger partial charge in [-0.1, -0.05) is 12.1 Å². The maximum Gasteiger partial charge on any atom is 0.285 e. The Balaban J connectivity index is 1.52. The number of piperazine rings is 1. The first kappa shape index (κ1) is 21.0. The van der Waals surface area contributed by atoms with Crippen LogP contribution in [0.15, 0.2) is 45.7 Å². The van der Waals surface area contributed by atoms with Crippen LogP contribution in [0, 0.1) is 0 Å². The second-order valence-corrected chi connectivity index (χ2v) is 8.65. The smallest absolute Gasteiger partial charge is 0.285 e. The Labute approximate surface area is 180 Å². The van der Waals surface area contributed by atoms with E-state index in [-0.39, 0.29) is 10.8 Å². The molecular weight excluding hydrogens is 422 g/mol. The number of ether oxygens (including phenoxy) is 3. The molecule has 2 aliphatic heterocycles. The van der Waals surface area contributed by atoms with Gasteiger partial charge in [0.1, 0.15) is 4.90 Å². The van der Waals surface area contributed by atoms with Crippen LogP contribution in [-0.4, -0.2) is 77.5 Å². The van der Waals surface area contributed by atoms with E-state index in [1.165, 1.54) is 21.3 Å². The zero-order chi connectivity index (χ0) is 22.2. The summed E-state index contributed by atoms with van der Waals surface area (Å²) in [6.45, 7) is 1.80. The summed E-state index contributed by atoms with van der Waals surface area (Å²) in [6, 6.07) is 10.0. The monoisotopic (exact) mass is 445 g/mol. The quantitative estimate of drug-likeness (QED) is 0.705. The van der Waals surface area contributed by atoms with E-state index in [0.29, 0.717) is 60.4 Å². The fraction of sp³-hybridized carbons (Fsp3) is 0.333. The molecule has 0 bridgehead atoms. The summed E-state index contributed by atoms with van der Waals surface area (Å²) in [5.74, 6) is 1.51. The predicted molar refractivity (Wildman–Crippen MR) is 114 cm³/mol. The minimum absolute atomic E-state index is 0.166. The number of hydrogen-bond donors (Lipinski definition) is 0. The lowest BCUT2D eigenvalue weighted by Crippen LogP contribution is -2.50. The number of amidine groups is 1. The maximum atomic E-state index is 13.1. The van der Waals surface area contributed by atoms with Crippen LogP contribution >= 0.6 is 0 Å². The highest BCUT2D eigenvalue weighted by Gasteiger charge is 2.34. The third-order valence-corrected chi connectivity index (χ3v) is 6.72. The van der Waals surface area contributed by atoms with Crippen molar-refractivity contribution in [1.29, 1.82) is 0 Å². The van der Waals surface area contributed by atoms with Gasteiger partial charge in [0.05, 0.1) is 21.3 Å². The molecule has 1 fully saturated rings. The van der Waals surface area contributed by atoms with Gasteiger partial charge in [-0.3, -0.25) is 4.79 Å². The molecule has 2 heterocycles. The van der Waals surface area contributed by atoms with Crippen molar-refractivity contribution in [1.82, 2.24) is 9.80 Å². The average Bonchev–Trinajstić information content (AvgIpc) is 3.08. The molecule has 2 aromatic rings. The SMILES string of the molecule is COc1cc(C(=O)N2CCN(C3=NS(=O)(=O)c4ccccc43)CC2)cc(OC)c1OC. The van der Waals surface area contributed by atoms with Crippen LogP contribution in [0.4, 0.5) is 0 Å². The van der Waals surface area contributed by atoms with E-state index in [0.717, 1.165) is 0 Å². The molecule has 2 aromatic carbocycles. The van der Waals surface area contributed by atoms with Crippen LogP contribution < -0.4 is 14.2 Å². The second kappa shape index (κ2) is 8.10. The molecule has 4 rings (SSSR count). The molecule has 0 unspecified atom stereocenters. The number of rotatable bonds is 4. The molecule has 31 heavy (non-hydrogen) atoms. The molecule has 0 spiro atoms. The molecule has 0 radical (unpaired) electrons. The number of methoxy groups -OCH3 is 3. The van der Waals surface area contributed by atoms with E-state index in [9.17, 15) is 13.2 Å². The predicted octanol–water partition coefficient (Wildman–Crippen LogP) is 1.62. The van der Waals surface area contributed by atoms with Gasteiger partial charge < -0.3 is 24.0 Å². The zero-order valence-electron chi connectivity index (χ0n) is 17.5. The molecule has 1 amide bonds. The fourth-order valence-corrected chi connectivity index (χ4v) is 5.05. The van der Waals surface area contributed by atoms with E-state index in [1.54, 1.807) is 41.3 Å². The molecule has 9 nitrogen and oxygen atoms in total. The van der Waals surface area contributed by atoms with Crippen molar-refractivity contribution in [3.05, 3.63) is 47.5 Å². The topological polar surface area (TPSA) is 97.7 Å². The Morgan fingerprint density at radius 3 is 2.13 bits per heavy atom. The highest BCUT2D eigenvalue weighted by molar-refractivity contribution is 7.90. The van der Waals surface area contributed by atoms with Crippen LogP contribution in [0.25, 0.3) is 0 Å². The molecule has 164 valence electrons. The van der Waals surface area contributed by atoms with Gasteiger partial charge in [0.25, 0.3) is 15.9 Å². The van der Waals surface area contributed by atoms with Crippen molar-refractivity contribution < 1.29 is 27.4 Å². The highest BCUT2D eigenvalue weighted by atomic mass is 32.2. The number of fused-ring (bicyclic) bond motifs is 1. The molecule has 2 aliphatic rings. The number of sulfonamides is 1. The van der Waals surface area contributed by atoms with Crippen molar-refractivity contribution >= 4 is 21.8 Å². The lowest BCUT2D eigenvalue weighted by atomic mass is 10.1. The summed E-state index contributed by atoms with van der Waals surface area (Å²) in [5, 5.41) is 0. The molecule has 0 aliphatic carbocycles. The minimum atomic E-state index is -3.67. The molecule has 0 saturated carbocycles. The van der Waals surface area contributed by atoms with Crippen LogP contribution in [0.2, 0.25) is 0 Å². The standard InChI is InChI=1S/C21H23N3O6S/c1-28-16-12-14(13-17(29-2)19(16)30-3)21(25)24-10-8-23(9-11-24)20-15-6-4-5-7-18(15)31(26,27)22-20/h4-7,12-13H,8-11H2,1-3H3. The van der Waals surface area contributed by atoms with E-state index in [2.05, 4.69) is 4.40 Å². The van der Waals surface area contributed by atoms with Crippen molar-refractivity contribution in [3.63, 3.8) is 0 Å². The molecule has 1 saturated heterocycles.